The van der Waals surface area contributed by atoms with E-state index in [9.17, 15) is 4.79 Å². The van der Waals surface area contributed by atoms with Crippen LogP contribution in [0.5, 0.6) is 5.75 Å². The number of halogens is 1. The smallest absolute Gasteiger partial charge is 0.335 e. The molecule has 3 heterocycles. The van der Waals surface area contributed by atoms with E-state index in [0.717, 1.165) is 29.4 Å². The zero-order valence-electron chi connectivity index (χ0n) is 19.3. The first kappa shape index (κ1) is 25.9. The number of methoxy groups -OCH3 is 1. The predicted molar refractivity (Wildman–Crippen MR) is 133 cm³/mol. The van der Waals surface area contributed by atoms with Crippen molar-refractivity contribution in [2.75, 3.05) is 36.2 Å². The third-order valence-corrected chi connectivity index (χ3v) is 5.53. The number of amides is 1. The van der Waals surface area contributed by atoms with Gasteiger partial charge in [0.2, 0.25) is 11.9 Å². The molecule has 3 N–H and O–H groups in total. The van der Waals surface area contributed by atoms with Gasteiger partial charge >= 0.3 is 11.6 Å². The lowest BCUT2D eigenvalue weighted by Crippen LogP contribution is -2.37. The largest absolute Gasteiger partial charge is 0.497 e. The van der Waals surface area contributed by atoms with Gasteiger partial charge in [-0.3, -0.25) is 9.48 Å². The number of nitrogens with one attached hydrogen (secondary N) is 3. The van der Waals surface area contributed by atoms with Gasteiger partial charge in [-0.1, -0.05) is 11.6 Å². The number of likely N-dealkylation sites (N-methyl/N-ethyl adjacent to an activating group) is 1. The SMILES string of the molecule is COc1ccc(Nc2nc(Nc3ccnn3C)ncc2Cl)c(N(C)CC2CCC(=O)N2)c1.O=S=O. The maximum absolute atomic E-state index is 11.6. The molecular formula is C21H25ClN8O4S. The molecule has 3 aromatic rings. The first-order valence-corrected chi connectivity index (χ1v) is 11.5. The number of aromatic nitrogens is 4. The van der Waals surface area contributed by atoms with Crippen molar-refractivity contribution in [3.05, 3.63) is 41.7 Å². The Morgan fingerprint density at radius 3 is 2.71 bits per heavy atom. The summed E-state index contributed by atoms with van der Waals surface area (Å²) >= 11 is 5.63. The lowest BCUT2D eigenvalue weighted by molar-refractivity contribution is -0.119. The third kappa shape index (κ3) is 6.90. The second-order valence-corrected chi connectivity index (χ2v) is 8.16. The normalized spacial score (nSPS) is 14.4. The van der Waals surface area contributed by atoms with E-state index in [4.69, 9.17) is 24.8 Å². The van der Waals surface area contributed by atoms with Crippen LogP contribution in [0.2, 0.25) is 5.02 Å². The van der Waals surface area contributed by atoms with Crippen molar-refractivity contribution in [3.8, 4) is 5.75 Å². The summed E-state index contributed by atoms with van der Waals surface area (Å²) in [7, 11) is 5.42. The van der Waals surface area contributed by atoms with Crippen molar-refractivity contribution in [3.63, 3.8) is 0 Å². The first-order valence-electron chi connectivity index (χ1n) is 10.5. The van der Waals surface area contributed by atoms with Crippen LogP contribution in [-0.2, 0) is 23.4 Å². The Hall–Kier alpha value is -3.71. The molecule has 0 aliphatic carbocycles. The molecule has 0 saturated carbocycles. The number of aryl methyl sites for hydroxylation is 1. The molecule has 1 unspecified atom stereocenters. The minimum atomic E-state index is -0.750. The Labute approximate surface area is 210 Å². The van der Waals surface area contributed by atoms with Crippen molar-refractivity contribution in [1.29, 1.82) is 0 Å². The maximum atomic E-state index is 11.6. The highest BCUT2D eigenvalue weighted by Crippen LogP contribution is 2.34. The van der Waals surface area contributed by atoms with Crippen LogP contribution in [0.1, 0.15) is 12.8 Å². The van der Waals surface area contributed by atoms with E-state index < -0.39 is 11.6 Å². The molecule has 1 aromatic carbocycles. The lowest BCUT2D eigenvalue weighted by Gasteiger charge is -2.26. The van der Waals surface area contributed by atoms with Gasteiger partial charge in [-0.05, 0) is 18.6 Å². The average Bonchev–Trinajstić information content (AvgIpc) is 3.44. The molecule has 1 fully saturated rings. The second kappa shape index (κ2) is 12.1. The molecule has 1 atom stereocenters. The highest BCUT2D eigenvalue weighted by atomic mass is 35.5. The quantitative estimate of drug-likeness (QED) is 0.405. The van der Waals surface area contributed by atoms with Gasteiger partial charge in [0.1, 0.15) is 16.6 Å². The molecular weight excluding hydrogens is 496 g/mol. The summed E-state index contributed by atoms with van der Waals surface area (Å²) in [6.07, 6.45) is 4.60. The topological polar surface area (TPSA) is 143 Å². The van der Waals surface area contributed by atoms with Gasteiger partial charge in [-0.15, -0.1) is 0 Å². The van der Waals surface area contributed by atoms with E-state index in [-0.39, 0.29) is 11.9 Å². The number of carbonyl (C=O) groups excluding carboxylic acids is 1. The van der Waals surface area contributed by atoms with Gasteiger partial charge in [-0.25, -0.2) is 4.98 Å². The molecule has 1 saturated heterocycles. The molecule has 2 aromatic heterocycles. The van der Waals surface area contributed by atoms with Gasteiger partial charge in [0, 0.05) is 45.2 Å². The second-order valence-electron chi connectivity index (χ2n) is 7.61. The number of nitrogens with zero attached hydrogens (tertiary/aromatic N) is 5. The van der Waals surface area contributed by atoms with E-state index >= 15 is 0 Å². The molecule has 14 heteroatoms. The molecule has 1 aliphatic rings. The summed E-state index contributed by atoms with van der Waals surface area (Å²) in [5, 5.41) is 13.9. The van der Waals surface area contributed by atoms with Crippen LogP contribution in [0, 0.1) is 0 Å². The summed E-state index contributed by atoms with van der Waals surface area (Å²) in [5.41, 5.74) is 1.69. The summed E-state index contributed by atoms with van der Waals surface area (Å²) in [5.74, 6) is 2.41. The zero-order chi connectivity index (χ0) is 25.4. The number of carbonyl (C=O) groups is 1. The fourth-order valence-electron chi connectivity index (χ4n) is 3.56. The van der Waals surface area contributed by atoms with E-state index in [1.807, 2.05) is 38.4 Å². The monoisotopic (exact) mass is 520 g/mol. The van der Waals surface area contributed by atoms with Crippen LogP contribution in [-0.4, -0.2) is 60.8 Å². The third-order valence-electron chi connectivity index (χ3n) is 5.25. The fourth-order valence-corrected chi connectivity index (χ4v) is 3.70. The van der Waals surface area contributed by atoms with E-state index in [2.05, 4.69) is 35.9 Å². The number of hydrogen-bond donors (Lipinski definition) is 3. The molecule has 0 bridgehead atoms. The van der Waals surface area contributed by atoms with Gasteiger partial charge in [-0.2, -0.15) is 18.5 Å². The van der Waals surface area contributed by atoms with Crippen LogP contribution >= 0.6 is 11.6 Å². The van der Waals surface area contributed by atoms with Gasteiger partial charge in [0.15, 0.2) is 5.82 Å². The van der Waals surface area contributed by atoms with Gasteiger partial charge in [0.25, 0.3) is 0 Å². The summed E-state index contributed by atoms with van der Waals surface area (Å²) in [4.78, 5) is 22.4. The number of ether oxygens (including phenoxy) is 1. The summed E-state index contributed by atoms with van der Waals surface area (Å²) < 4.78 is 23.7. The number of benzene rings is 1. The van der Waals surface area contributed by atoms with Crippen LogP contribution < -0.4 is 25.6 Å². The predicted octanol–water partition coefficient (Wildman–Crippen LogP) is 2.40. The lowest BCUT2D eigenvalue weighted by atomic mass is 10.2. The van der Waals surface area contributed by atoms with Crippen molar-refractivity contribution < 1.29 is 17.9 Å². The minimum Gasteiger partial charge on any atom is -0.497 e. The fraction of sp³-hybridized carbons (Fsp3) is 0.333. The molecule has 0 spiro atoms. The molecule has 12 nitrogen and oxygen atoms in total. The van der Waals surface area contributed by atoms with Crippen molar-refractivity contribution in [1.82, 2.24) is 25.1 Å². The van der Waals surface area contributed by atoms with Gasteiger partial charge < -0.3 is 25.6 Å². The summed E-state index contributed by atoms with van der Waals surface area (Å²) in [6.45, 7) is 0.665. The van der Waals surface area contributed by atoms with E-state index in [1.165, 1.54) is 6.20 Å². The Balaban J connectivity index is 0.00000108. The number of hydrogen-bond acceptors (Lipinski definition) is 10. The van der Waals surface area contributed by atoms with Crippen molar-refractivity contribution in [2.24, 2.45) is 7.05 Å². The van der Waals surface area contributed by atoms with Crippen LogP contribution in [0.4, 0.5) is 29.0 Å². The van der Waals surface area contributed by atoms with Gasteiger partial charge in [0.05, 0.1) is 30.9 Å². The molecule has 4 rings (SSSR count). The van der Waals surface area contributed by atoms with Crippen LogP contribution in [0.25, 0.3) is 0 Å². The maximum Gasteiger partial charge on any atom is 0.335 e. The Morgan fingerprint density at radius 1 is 1.31 bits per heavy atom. The Bertz CT molecular complexity index is 1220. The van der Waals surface area contributed by atoms with Crippen LogP contribution in [0.15, 0.2) is 36.7 Å². The number of anilines is 5. The molecule has 1 amide bonds. The molecule has 35 heavy (non-hydrogen) atoms. The van der Waals surface area contributed by atoms with Crippen molar-refractivity contribution >= 4 is 58.0 Å². The number of rotatable bonds is 8. The molecule has 186 valence electrons. The van der Waals surface area contributed by atoms with Crippen LogP contribution in [0.3, 0.4) is 0 Å². The highest BCUT2D eigenvalue weighted by molar-refractivity contribution is 7.51. The Morgan fingerprint density at radius 2 is 2.09 bits per heavy atom. The van der Waals surface area contributed by atoms with E-state index in [0.29, 0.717) is 29.8 Å². The Kier molecular flexibility index (Phi) is 8.98. The minimum absolute atomic E-state index is 0.0913. The van der Waals surface area contributed by atoms with Crippen molar-refractivity contribution in [2.45, 2.75) is 18.9 Å². The zero-order valence-corrected chi connectivity index (χ0v) is 20.9. The highest BCUT2D eigenvalue weighted by Gasteiger charge is 2.23. The summed E-state index contributed by atoms with van der Waals surface area (Å²) in [6, 6.07) is 7.63. The molecule has 1 aliphatic heterocycles. The average molecular weight is 521 g/mol. The standard InChI is InChI=1S/C21H25ClN8O2.O2S/c1-29(12-13-4-7-19(31)25-13)17-10-14(32-3)5-6-16(17)26-20-15(22)11-23-21(28-20)27-18-8-9-24-30(18)2;1-3-2/h5-6,8-11,13H,4,7,12H2,1-3H3,(H,25,31)(H2,23,26,27,28);. The first-order chi connectivity index (χ1) is 16.8. The van der Waals surface area contributed by atoms with E-state index in [1.54, 1.807) is 18.0 Å². The molecule has 0 radical (unpaired) electrons.